The zero-order chi connectivity index (χ0) is 11.4. The summed E-state index contributed by atoms with van der Waals surface area (Å²) < 4.78 is 0. The van der Waals surface area contributed by atoms with Gasteiger partial charge in [0, 0.05) is 29.3 Å². The molecule has 0 aliphatic heterocycles. The van der Waals surface area contributed by atoms with Gasteiger partial charge >= 0.3 is 0 Å². The Balaban J connectivity index is 1.97. The first-order valence-corrected chi connectivity index (χ1v) is 6.11. The van der Waals surface area contributed by atoms with Crippen LogP contribution in [0.15, 0.2) is 36.0 Å². The summed E-state index contributed by atoms with van der Waals surface area (Å²) in [7, 11) is 0. The summed E-state index contributed by atoms with van der Waals surface area (Å²) in [6, 6.07) is 5.81. The van der Waals surface area contributed by atoms with Gasteiger partial charge in [0.2, 0.25) is 0 Å². The Bertz CT molecular complexity index is 476. The Hall–Kier alpha value is -1.48. The van der Waals surface area contributed by atoms with Crippen molar-refractivity contribution in [2.45, 2.75) is 19.8 Å². The van der Waals surface area contributed by atoms with Gasteiger partial charge in [-0.2, -0.15) is 0 Å². The highest BCUT2D eigenvalue weighted by Gasteiger charge is 2.09. The van der Waals surface area contributed by atoms with E-state index in [1.54, 1.807) is 17.5 Å². The number of nitrogens with zero attached hydrogens (tertiary/aromatic N) is 1. The van der Waals surface area contributed by atoms with Gasteiger partial charge in [0.1, 0.15) is 0 Å². The van der Waals surface area contributed by atoms with Gasteiger partial charge in [0.15, 0.2) is 5.78 Å². The van der Waals surface area contributed by atoms with Crippen molar-refractivity contribution in [3.63, 3.8) is 0 Å². The number of pyridine rings is 1. The Labute approximate surface area is 99.0 Å². The van der Waals surface area contributed by atoms with Crippen LogP contribution in [0.3, 0.4) is 0 Å². The second kappa shape index (κ2) is 5.03. The van der Waals surface area contributed by atoms with Crippen molar-refractivity contribution in [3.8, 4) is 0 Å². The predicted molar refractivity (Wildman–Crippen MR) is 65.9 cm³/mol. The Morgan fingerprint density at radius 2 is 2.31 bits per heavy atom. The molecule has 2 heterocycles. The lowest BCUT2D eigenvalue weighted by molar-refractivity contribution is 0.0983. The largest absolute Gasteiger partial charge is 0.294 e. The van der Waals surface area contributed by atoms with Gasteiger partial charge in [-0.15, -0.1) is 11.3 Å². The summed E-state index contributed by atoms with van der Waals surface area (Å²) in [6.07, 6.45) is 4.88. The minimum Gasteiger partial charge on any atom is -0.294 e. The number of carbonyl (C=O) groups is 1. The van der Waals surface area contributed by atoms with Gasteiger partial charge < -0.3 is 0 Å². The molecule has 0 saturated carbocycles. The van der Waals surface area contributed by atoms with Crippen LogP contribution in [0, 0.1) is 6.92 Å². The van der Waals surface area contributed by atoms with Crippen LogP contribution in [0.4, 0.5) is 0 Å². The van der Waals surface area contributed by atoms with E-state index in [1.165, 1.54) is 0 Å². The molecule has 2 aromatic rings. The highest BCUT2D eigenvalue weighted by atomic mass is 32.1. The highest BCUT2D eigenvalue weighted by molar-refractivity contribution is 7.10. The molecule has 2 nitrogen and oxygen atoms in total. The molecular weight excluding hydrogens is 218 g/mol. The molecule has 0 fully saturated rings. The van der Waals surface area contributed by atoms with Crippen molar-refractivity contribution in [2.75, 3.05) is 0 Å². The minimum atomic E-state index is 0.225. The third-order valence-corrected chi connectivity index (χ3v) is 3.37. The Kier molecular flexibility index (Phi) is 3.47. The number of ketones is 1. The molecule has 2 aromatic heterocycles. The van der Waals surface area contributed by atoms with Crippen LogP contribution >= 0.6 is 11.3 Å². The van der Waals surface area contributed by atoms with Crippen molar-refractivity contribution >= 4 is 17.1 Å². The molecule has 0 N–H and O–H groups in total. The SMILES string of the molecule is Cc1sccc1C(=O)CCc1cccnc1. The molecule has 0 aliphatic carbocycles. The van der Waals surface area contributed by atoms with E-state index in [-0.39, 0.29) is 5.78 Å². The van der Waals surface area contributed by atoms with Gasteiger partial charge in [0.25, 0.3) is 0 Å². The quantitative estimate of drug-likeness (QED) is 0.756. The first-order chi connectivity index (χ1) is 7.77. The molecule has 0 unspecified atom stereocenters. The van der Waals surface area contributed by atoms with Gasteiger partial charge in [-0.25, -0.2) is 0 Å². The maximum absolute atomic E-state index is 11.9. The first kappa shape index (κ1) is 11.0. The van der Waals surface area contributed by atoms with E-state index < -0.39 is 0 Å². The predicted octanol–water partition coefficient (Wildman–Crippen LogP) is 3.27. The van der Waals surface area contributed by atoms with Crippen molar-refractivity contribution in [3.05, 3.63) is 52.0 Å². The van der Waals surface area contributed by atoms with Crippen LogP contribution in [0.1, 0.15) is 27.2 Å². The van der Waals surface area contributed by atoms with Crippen molar-refractivity contribution < 1.29 is 4.79 Å². The smallest absolute Gasteiger partial charge is 0.164 e. The number of carbonyl (C=O) groups excluding carboxylic acids is 1. The Morgan fingerprint density at radius 3 is 2.94 bits per heavy atom. The number of aryl methyl sites for hydroxylation is 2. The van der Waals surface area contributed by atoms with Crippen LogP contribution in [0.5, 0.6) is 0 Å². The molecule has 2 rings (SSSR count). The van der Waals surface area contributed by atoms with Crippen LogP contribution in [0.2, 0.25) is 0 Å². The maximum Gasteiger partial charge on any atom is 0.164 e. The average molecular weight is 231 g/mol. The summed E-state index contributed by atoms with van der Waals surface area (Å²) in [5.41, 5.74) is 1.98. The zero-order valence-corrected chi connectivity index (χ0v) is 9.96. The number of hydrogen-bond acceptors (Lipinski definition) is 3. The van der Waals surface area contributed by atoms with Crippen molar-refractivity contribution in [1.82, 2.24) is 4.98 Å². The molecule has 0 aromatic carbocycles. The lowest BCUT2D eigenvalue weighted by Gasteiger charge is -2.00. The van der Waals surface area contributed by atoms with Crippen molar-refractivity contribution in [1.29, 1.82) is 0 Å². The fourth-order valence-electron chi connectivity index (χ4n) is 1.61. The van der Waals surface area contributed by atoms with Crippen LogP contribution in [-0.4, -0.2) is 10.8 Å². The van der Waals surface area contributed by atoms with E-state index in [0.29, 0.717) is 6.42 Å². The average Bonchev–Trinajstić information content (AvgIpc) is 2.74. The van der Waals surface area contributed by atoms with E-state index >= 15 is 0 Å². The fraction of sp³-hybridized carbons (Fsp3) is 0.231. The van der Waals surface area contributed by atoms with Crippen LogP contribution in [0.25, 0.3) is 0 Å². The molecule has 0 spiro atoms. The van der Waals surface area contributed by atoms with Gasteiger partial charge in [-0.1, -0.05) is 6.07 Å². The lowest BCUT2D eigenvalue weighted by atomic mass is 10.0. The molecule has 82 valence electrons. The zero-order valence-electron chi connectivity index (χ0n) is 9.14. The summed E-state index contributed by atoms with van der Waals surface area (Å²) in [6.45, 7) is 1.99. The van der Waals surface area contributed by atoms with E-state index in [0.717, 1.165) is 22.4 Å². The molecule has 0 saturated heterocycles. The van der Waals surface area contributed by atoms with E-state index in [9.17, 15) is 4.79 Å². The summed E-state index contributed by atoms with van der Waals surface area (Å²) in [5.74, 6) is 0.225. The molecule has 0 amide bonds. The number of aromatic nitrogens is 1. The summed E-state index contributed by atoms with van der Waals surface area (Å²) >= 11 is 1.62. The first-order valence-electron chi connectivity index (χ1n) is 5.23. The standard InChI is InChI=1S/C13H13NOS/c1-10-12(6-8-16-10)13(15)5-4-11-3-2-7-14-9-11/h2-3,6-9H,4-5H2,1H3. The summed E-state index contributed by atoms with van der Waals surface area (Å²) in [5, 5.41) is 1.96. The van der Waals surface area contributed by atoms with Gasteiger partial charge in [0.05, 0.1) is 0 Å². The van der Waals surface area contributed by atoms with E-state index in [2.05, 4.69) is 4.98 Å². The second-order valence-corrected chi connectivity index (χ2v) is 4.80. The Morgan fingerprint density at radius 1 is 1.44 bits per heavy atom. The number of hydrogen-bond donors (Lipinski definition) is 0. The number of rotatable bonds is 4. The normalized spacial score (nSPS) is 10.3. The number of thiophene rings is 1. The van der Waals surface area contributed by atoms with Gasteiger partial charge in [-0.3, -0.25) is 9.78 Å². The van der Waals surface area contributed by atoms with Crippen molar-refractivity contribution in [2.24, 2.45) is 0 Å². The molecular formula is C13H13NOS. The second-order valence-electron chi connectivity index (χ2n) is 3.67. The third-order valence-electron chi connectivity index (χ3n) is 2.52. The van der Waals surface area contributed by atoms with E-state index in [4.69, 9.17) is 0 Å². The molecule has 0 radical (unpaired) electrons. The van der Waals surface area contributed by atoms with Gasteiger partial charge in [-0.05, 0) is 36.4 Å². The van der Waals surface area contributed by atoms with E-state index in [1.807, 2.05) is 36.7 Å². The van der Waals surface area contributed by atoms with Crippen LogP contribution < -0.4 is 0 Å². The fourth-order valence-corrected chi connectivity index (χ4v) is 2.33. The minimum absolute atomic E-state index is 0.225. The maximum atomic E-state index is 11.9. The molecule has 16 heavy (non-hydrogen) atoms. The third kappa shape index (κ3) is 2.55. The lowest BCUT2D eigenvalue weighted by Crippen LogP contribution is -2.01. The highest BCUT2D eigenvalue weighted by Crippen LogP contribution is 2.17. The number of Topliss-reactive ketones (excluding diaryl/α,β-unsaturated/α-hetero) is 1. The molecule has 0 aliphatic rings. The molecule has 0 atom stereocenters. The monoisotopic (exact) mass is 231 g/mol. The molecule has 3 heteroatoms. The van der Waals surface area contributed by atoms with Crippen LogP contribution in [-0.2, 0) is 6.42 Å². The summed E-state index contributed by atoms with van der Waals surface area (Å²) in [4.78, 5) is 17.0. The molecule has 0 bridgehead atoms. The topological polar surface area (TPSA) is 30.0 Å².